The van der Waals surface area contributed by atoms with Crippen LogP contribution in [0.15, 0.2) is 11.4 Å². The maximum atomic E-state index is 12.7. The molecule has 0 bridgehead atoms. The monoisotopic (exact) mass is 280 g/mol. The molecule has 2 amide bonds. The van der Waals surface area contributed by atoms with Gasteiger partial charge in [-0.2, -0.15) is 0 Å². The van der Waals surface area contributed by atoms with Crippen molar-refractivity contribution >= 4 is 23.2 Å². The number of rotatable bonds is 3. The summed E-state index contributed by atoms with van der Waals surface area (Å²) in [5.74, 6) is 0.0823. The van der Waals surface area contributed by atoms with Gasteiger partial charge in [0.05, 0.1) is 4.88 Å². The zero-order chi connectivity index (χ0) is 14.0. The number of hydrogen-bond acceptors (Lipinski definition) is 3. The minimum Gasteiger partial charge on any atom is -0.353 e. The first-order valence-corrected chi connectivity index (χ1v) is 7.59. The van der Waals surface area contributed by atoms with Crippen molar-refractivity contribution in [2.45, 2.75) is 33.2 Å². The number of hydrogen-bond donors (Lipinski definition) is 1. The molecule has 1 atom stereocenters. The average molecular weight is 280 g/mol. The van der Waals surface area contributed by atoms with Crippen molar-refractivity contribution in [1.82, 2.24) is 10.2 Å². The SMILES string of the molecule is CCc1ccsc1C(=O)N1CCNC(=O)C1C(C)C. The Kier molecular flexibility index (Phi) is 4.24. The fourth-order valence-corrected chi connectivity index (χ4v) is 3.46. The average Bonchev–Trinajstić information content (AvgIpc) is 2.85. The minimum absolute atomic E-state index is 0.000370. The summed E-state index contributed by atoms with van der Waals surface area (Å²) in [5, 5.41) is 4.79. The van der Waals surface area contributed by atoms with Crippen molar-refractivity contribution in [2.24, 2.45) is 5.92 Å². The number of carbonyl (C=O) groups excluding carboxylic acids is 2. The summed E-state index contributed by atoms with van der Waals surface area (Å²) in [6, 6.07) is 1.64. The predicted molar refractivity (Wildman–Crippen MR) is 76.4 cm³/mol. The molecule has 1 aliphatic rings. The number of carbonyl (C=O) groups is 2. The molecular formula is C14H20N2O2S. The van der Waals surface area contributed by atoms with Crippen LogP contribution in [0.4, 0.5) is 0 Å². The van der Waals surface area contributed by atoms with E-state index >= 15 is 0 Å². The van der Waals surface area contributed by atoms with Crippen LogP contribution in [0.1, 0.15) is 36.0 Å². The molecule has 0 saturated carbocycles. The quantitative estimate of drug-likeness (QED) is 0.919. The summed E-state index contributed by atoms with van der Waals surface area (Å²) in [4.78, 5) is 27.1. The number of piperazine rings is 1. The molecule has 5 heteroatoms. The summed E-state index contributed by atoms with van der Waals surface area (Å²) < 4.78 is 0. The van der Waals surface area contributed by atoms with Crippen molar-refractivity contribution in [1.29, 1.82) is 0 Å². The van der Waals surface area contributed by atoms with Crippen LogP contribution in [0.3, 0.4) is 0 Å². The van der Waals surface area contributed by atoms with Gasteiger partial charge in [0.25, 0.3) is 5.91 Å². The number of nitrogens with zero attached hydrogens (tertiary/aromatic N) is 1. The summed E-state index contributed by atoms with van der Waals surface area (Å²) in [7, 11) is 0. The molecule has 1 unspecified atom stereocenters. The summed E-state index contributed by atoms with van der Waals surface area (Å²) >= 11 is 1.47. The van der Waals surface area contributed by atoms with Crippen molar-refractivity contribution in [2.75, 3.05) is 13.1 Å². The van der Waals surface area contributed by atoms with Crippen LogP contribution in [-0.4, -0.2) is 35.8 Å². The first kappa shape index (κ1) is 14.1. The number of thiophene rings is 1. The Bertz CT molecular complexity index is 482. The second-order valence-electron chi connectivity index (χ2n) is 5.11. The first-order valence-electron chi connectivity index (χ1n) is 6.71. The van der Waals surface area contributed by atoms with Gasteiger partial charge in [-0.1, -0.05) is 20.8 Å². The standard InChI is InChI=1S/C14H20N2O2S/c1-4-10-5-8-19-12(10)14(18)16-7-6-15-13(17)11(16)9(2)3/h5,8-9,11H,4,6-7H2,1-3H3,(H,15,17). The molecular weight excluding hydrogens is 260 g/mol. The summed E-state index contributed by atoms with van der Waals surface area (Å²) in [6.07, 6.45) is 0.844. The van der Waals surface area contributed by atoms with Crippen molar-refractivity contribution in [3.63, 3.8) is 0 Å². The number of aryl methyl sites for hydroxylation is 1. The lowest BCUT2D eigenvalue weighted by Crippen LogP contribution is -2.59. The van der Waals surface area contributed by atoms with E-state index in [1.807, 2.05) is 32.2 Å². The molecule has 19 heavy (non-hydrogen) atoms. The van der Waals surface area contributed by atoms with Crippen molar-refractivity contribution in [3.05, 3.63) is 21.9 Å². The molecule has 0 radical (unpaired) electrons. The third-order valence-electron chi connectivity index (χ3n) is 3.47. The van der Waals surface area contributed by atoms with Gasteiger partial charge in [0.2, 0.25) is 5.91 Å². The Morgan fingerprint density at radius 1 is 1.58 bits per heavy atom. The highest BCUT2D eigenvalue weighted by atomic mass is 32.1. The van der Waals surface area contributed by atoms with Crippen molar-refractivity contribution < 1.29 is 9.59 Å². The van der Waals surface area contributed by atoms with Gasteiger partial charge >= 0.3 is 0 Å². The molecule has 1 fully saturated rings. The van der Waals surface area contributed by atoms with E-state index in [9.17, 15) is 9.59 Å². The molecule has 1 saturated heterocycles. The Morgan fingerprint density at radius 2 is 2.32 bits per heavy atom. The Hall–Kier alpha value is -1.36. The molecule has 1 aliphatic heterocycles. The van der Waals surface area contributed by atoms with Gasteiger partial charge in [-0.15, -0.1) is 11.3 Å². The van der Waals surface area contributed by atoms with Crippen LogP contribution in [0.2, 0.25) is 0 Å². The van der Waals surface area contributed by atoms with E-state index in [1.54, 1.807) is 4.90 Å². The smallest absolute Gasteiger partial charge is 0.264 e. The molecule has 1 aromatic rings. The van der Waals surface area contributed by atoms with E-state index in [2.05, 4.69) is 5.32 Å². The van der Waals surface area contributed by atoms with Gasteiger partial charge in [0.15, 0.2) is 0 Å². The molecule has 0 spiro atoms. The highest BCUT2D eigenvalue weighted by molar-refractivity contribution is 7.12. The topological polar surface area (TPSA) is 49.4 Å². The summed E-state index contributed by atoms with van der Waals surface area (Å²) in [5.41, 5.74) is 1.07. The second-order valence-corrected chi connectivity index (χ2v) is 6.02. The van der Waals surface area contributed by atoms with E-state index in [1.165, 1.54) is 11.3 Å². The van der Waals surface area contributed by atoms with E-state index < -0.39 is 0 Å². The largest absolute Gasteiger partial charge is 0.353 e. The third kappa shape index (κ3) is 2.66. The summed E-state index contributed by atoms with van der Waals surface area (Å²) in [6.45, 7) is 7.13. The van der Waals surface area contributed by atoms with Gasteiger partial charge < -0.3 is 10.2 Å². The van der Waals surface area contributed by atoms with E-state index in [4.69, 9.17) is 0 Å². The van der Waals surface area contributed by atoms with Crippen LogP contribution >= 0.6 is 11.3 Å². The normalized spacial score (nSPS) is 19.7. The van der Waals surface area contributed by atoms with Gasteiger partial charge in [0, 0.05) is 13.1 Å². The molecule has 0 aromatic carbocycles. The third-order valence-corrected chi connectivity index (χ3v) is 4.42. The van der Waals surface area contributed by atoms with Crippen LogP contribution in [0.25, 0.3) is 0 Å². The Labute approximate surface area is 117 Å². The molecule has 1 aromatic heterocycles. The Balaban J connectivity index is 2.28. The van der Waals surface area contributed by atoms with Crippen LogP contribution in [-0.2, 0) is 11.2 Å². The zero-order valence-corrected chi connectivity index (χ0v) is 12.4. The highest BCUT2D eigenvalue weighted by Crippen LogP contribution is 2.23. The molecule has 4 nitrogen and oxygen atoms in total. The fraction of sp³-hybridized carbons (Fsp3) is 0.571. The van der Waals surface area contributed by atoms with Gasteiger partial charge in [-0.05, 0) is 29.3 Å². The second kappa shape index (κ2) is 5.74. The van der Waals surface area contributed by atoms with Gasteiger partial charge in [0.1, 0.15) is 6.04 Å². The first-order chi connectivity index (χ1) is 9.06. The number of amides is 2. The highest BCUT2D eigenvalue weighted by Gasteiger charge is 2.36. The lowest BCUT2D eigenvalue weighted by Gasteiger charge is -2.37. The van der Waals surface area contributed by atoms with E-state index in [0.29, 0.717) is 13.1 Å². The maximum absolute atomic E-state index is 12.7. The van der Waals surface area contributed by atoms with Gasteiger partial charge in [-0.25, -0.2) is 0 Å². The fourth-order valence-electron chi connectivity index (χ4n) is 2.51. The van der Waals surface area contributed by atoms with Gasteiger partial charge in [-0.3, -0.25) is 9.59 Å². The minimum atomic E-state index is -0.354. The molecule has 2 heterocycles. The molecule has 0 aliphatic carbocycles. The number of nitrogens with one attached hydrogen (secondary N) is 1. The molecule has 2 rings (SSSR count). The lowest BCUT2D eigenvalue weighted by molar-refractivity contribution is -0.129. The van der Waals surface area contributed by atoms with Crippen molar-refractivity contribution in [3.8, 4) is 0 Å². The maximum Gasteiger partial charge on any atom is 0.264 e. The predicted octanol–water partition coefficient (Wildman–Crippen LogP) is 1.91. The molecule has 104 valence electrons. The lowest BCUT2D eigenvalue weighted by atomic mass is 9.99. The van der Waals surface area contributed by atoms with E-state index in [0.717, 1.165) is 16.9 Å². The van der Waals surface area contributed by atoms with E-state index in [-0.39, 0.29) is 23.8 Å². The van der Waals surface area contributed by atoms with Crippen LogP contribution in [0, 0.1) is 5.92 Å². The Morgan fingerprint density at radius 3 is 2.95 bits per heavy atom. The van der Waals surface area contributed by atoms with Crippen LogP contribution < -0.4 is 5.32 Å². The molecule has 1 N–H and O–H groups in total. The van der Waals surface area contributed by atoms with Crippen LogP contribution in [0.5, 0.6) is 0 Å². The zero-order valence-electron chi connectivity index (χ0n) is 11.6.